The number of carbonyl (C=O) groups is 1. The van der Waals surface area contributed by atoms with E-state index in [0.29, 0.717) is 24.1 Å². The zero-order chi connectivity index (χ0) is 16.9. The lowest BCUT2D eigenvalue weighted by molar-refractivity contribution is -0.127. The van der Waals surface area contributed by atoms with Crippen LogP contribution in [0.2, 0.25) is 0 Å². The first-order chi connectivity index (χ1) is 11.7. The van der Waals surface area contributed by atoms with Gasteiger partial charge in [0.25, 0.3) is 0 Å². The average Bonchev–Trinajstić information content (AvgIpc) is 3.32. The Kier molecular flexibility index (Phi) is 5.20. The van der Waals surface area contributed by atoms with Gasteiger partial charge in [-0.15, -0.1) is 11.3 Å². The van der Waals surface area contributed by atoms with Gasteiger partial charge in [-0.05, 0) is 48.1 Å². The third-order valence-electron chi connectivity index (χ3n) is 4.00. The fourth-order valence-corrected chi connectivity index (χ4v) is 3.27. The van der Waals surface area contributed by atoms with Crippen LogP contribution < -0.4 is 9.47 Å². The first-order valence-electron chi connectivity index (χ1n) is 7.94. The van der Waals surface area contributed by atoms with Gasteiger partial charge < -0.3 is 14.4 Å². The maximum absolute atomic E-state index is 12.6. The molecule has 2 aromatic rings. The summed E-state index contributed by atoms with van der Waals surface area (Å²) in [5.41, 5.74) is 0.910. The normalized spacial score (nSPS) is 13.9. The Labute approximate surface area is 146 Å². The van der Waals surface area contributed by atoms with Gasteiger partial charge in [0, 0.05) is 17.0 Å². The molecular weight excluding hydrogens is 322 g/mol. The van der Waals surface area contributed by atoms with Crippen molar-refractivity contribution in [1.29, 1.82) is 0 Å². The zero-order valence-corrected chi connectivity index (χ0v) is 14.7. The topological polar surface area (TPSA) is 38.8 Å². The number of carbonyl (C=O) groups excluding carboxylic acids is 1. The third-order valence-corrected chi connectivity index (χ3v) is 4.86. The Bertz CT molecular complexity index is 720. The standard InChI is InChI=1S/C19H21NO3S/c1-22-17-9-5-14(12-18(17)23-2)6-10-19(21)20(15-7-8-15)13-16-4-3-11-24-16/h3-6,9-12,15H,7-8,13H2,1-2H3/b10-6+. The second kappa shape index (κ2) is 7.53. The van der Waals surface area contributed by atoms with Crippen LogP contribution in [0.4, 0.5) is 0 Å². The van der Waals surface area contributed by atoms with Crippen molar-refractivity contribution >= 4 is 23.3 Å². The van der Waals surface area contributed by atoms with Crippen LogP contribution in [0.1, 0.15) is 23.3 Å². The van der Waals surface area contributed by atoms with E-state index in [-0.39, 0.29) is 5.91 Å². The van der Waals surface area contributed by atoms with E-state index in [1.807, 2.05) is 40.6 Å². The molecule has 1 saturated carbocycles. The van der Waals surface area contributed by atoms with Gasteiger partial charge in [-0.2, -0.15) is 0 Å². The minimum Gasteiger partial charge on any atom is -0.493 e. The second-order valence-electron chi connectivity index (χ2n) is 5.72. The van der Waals surface area contributed by atoms with E-state index >= 15 is 0 Å². The second-order valence-corrected chi connectivity index (χ2v) is 6.76. The maximum atomic E-state index is 12.6. The lowest BCUT2D eigenvalue weighted by atomic mass is 10.2. The first kappa shape index (κ1) is 16.6. The minimum absolute atomic E-state index is 0.0562. The molecule has 0 bridgehead atoms. The summed E-state index contributed by atoms with van der Waals surface area (Å²) in [5, 5.41) is 2.05. The summed E-state index contributed by atoms with van der Waals surface area (Å²) in [6, 6.07) is 10.1. The van der Waals surface area contributed by atoms with Gasteiger partial charge in [-0.25, -0.2) is 0 Å². The highest BCUT2D eigenvalue weighted by Gasteiger charge is 2.31. The van der Waals surface area contributed by atoms with Crippen molar-refractivity contribution in [3.63, 3.8) is 0 Å². The Balaban J connectivity index is 1.71. The summed E-state index contributed by atoms with van der Waals surface area (Å²) in [7, 11) is 3.21. The lowest BCUT2D eigenvalue weighted by Crippen LogP contribution is -2.30. The number of nitrogens with zero attached hydrogens (tertiary/aromatic N) is 1. The molecule has 1 fully saturated rings. The van der Waals surface area contributed by atoms with E-state index in [1.165, 1.54) is 4.88 Å². The molecule has 0 spiro atoms. The van der Waals surface area contributed by atoms with Crippen LogP contribution in [-0.4, -0.2) is 31.1 Å². The van der Waals surface area contributed by atoms with E-state index < -0.39 is 0 Å². The largest absolute Gasteiger partial charge is 0.493 e. The number of hydrogen-bond acceptors (Lipinski definition) is 4. The fraction of sp³-hybridized carbons (Fsp3) is 0.316. The van der Waals surface area contributed by atoms with Crippen molar-refractivity contribution in [2.45, 2.75) is 25.4 Å². The van der Waals surface area contributed by atoms with Crippen LogP contribution >= 0.6 is 11.3 Å². The molecular formula is C19H21NO3S. The Morgan fingerprint density at radius 2 is 2.04 bits per heavy atom. The number of thiophene rings is 1. The molecule has 0 unspecified atom stereocenters. The molecule has 4 nitrogen and oxygen atoms in total. The van der Waals surface area contributed by atoms with E-state index in [4.69, 9.17) is 9.47 Å². The molecule has 24 heavy (non-hydrogen) atoms. The molecule has 126 valence electrons. The minimum atomic E-state index is 0.0562. The fourth-order valence-electron chi connectivity index (χ4n) is 2.56. The number of ether oxygens (including phenoxy) is 2. The van der Waals surface area contributed by atoms with Gasteiger partial charge in [0.05, 0.1) is 20.8 Å². The van der Waals surface area contributed by atoms with E-state index in [1.54, 1.807) is 31.6 Å². The third kappa shape index (κ3) is 3.97. The highest BCUT2D eigenvalue weighted by molar-refractivity contribution is 7.09. The van der Waals surface area contributed by atoms with Gasteiger partial charge >= 0.3 is 0 Å². The van der Waals surface area contributed by atoms with Gasteiger partial charge in [0.2, 0.25) is 5.91 Å². The summed E-state index contributed by atoms with van der Waals surface area (Å²) in [4.78, 5) is 15.8. The van der Waals surface area contributed by atoms with Gasteiger partial charge in [0.15, 0.2) is 11.5 Å². The maximum Gasteiger partial charge on any atom is 0.247 e. The number of rotatable bonds is 7. The predicted octanol–water partition coefficient (Wildman–Crippen LogP) is 3.97. The van der Waals surface area contributed by atoms with Crippen molar-refractivity contribution in [3.8, 4) is 11.5 Å². The molecule has 0 aliphatic heterocycles. The van der Waals surface area contributed by atoms with Crippen LogP contribution in [0, 0.1) is 0 Å². The van der Waals surface area contributed by atoms with Crippen molar-refractivity contribution in [1.82, 2.24) is 4.90 Å². The molecule has 1 amide bonds. The van der Waals surface area contributed by atoms with Crippen molar-refractivity contribution in [2.75, 3.05) is 14.2 Å². The zero-order valence-electron chi connectivity index (χ0n) is 13.9. The highest BCUT2D eigenvalue weighted by atomic mass is 32.1. The molecule has 3 rings (SSSR count). The molecule has 1 heterocycles. The molecule has 5 heteroatoms. The van der Waals surface area contributed by atoms with Crippen molar-refractivity contribution < 1.29 is 14.3 Å². The Morgan fingerprint density at radius 1 is 1.25 bits per heavy atom. The van der Waals surface area contributed by atoms with Crippen LogP contribution in [0.15, 0.2) is 41.8 Å². The summed E-state index contributed by atoms with van der Waals surface area (Å²) in [5.74, 6) is 1.39. The molecule has 1 aromatic carbocycles. The Morgan fingerprint density at radius 3 is 2.67 bits per heavy atom. The molecule has 0 radical (unpaired) electrons. The summed E-state index contributed by atoms with van der Waals surface area (Å²) >= 11 is 1.69. The van der Waals surface area contributed by atoms with E-state index in [0.717, 1.165) is 18.4 Å². The highest BCUT2D eigenvalue weighted by Crippen LogP contribution is 2.30. The summed E-state index contributed by atoms with van der Waals surface area (Å²) in [6.07, 6.45) is 5.67. The summed E-state index contributed by atoms with van der Waals surface area (Å²) in [6.45, 7) is 0.692. The van der Waals surface area contributed by atoms with Crippen LogP contribution in [0.3, 0.4) is 0 Å². The van der Waals surface area contributed by atoms with Crippen LogP contribution in [0.25, 0.3) is 6.08 Å². The van der Waals surface area contributed by atoms with Gasteiger partial charge in [-0.3, -0.25) is 4.79 Å². The van der Waals surface area contributed by atoms with Crippen molar-refractivity contribution in [2.24, 2.45) is 0 Å². The van der Waals surface area contributed by atoms with Crippen molar-refractivity contribution in [3.05, 3.63) is 52.2 Å². The molecule has 1 aliphatic rings. The molecule has 0 N–H and O–H groups in total. The average molecular weight is 343 g/mol. The Hall–Kier alpha value is -2.27. The number of methoxy groups -OCH3 is 2. The number of amides is 1. The van der Waals surface area contributed by atoms with Crippen LogP contribution in [0.5, 0.6) is 11.5 Å². The first-order valence-corrected chi connectivity index (χ1v) is 8.82. The van der Waals surface area contributed by atoms with Crippen LogP contribution in [-0.2, 0) is 11.3 Å². The molecule has 1 aliphatic carbocycles. The van der Waals surface area contributed by atoms with Gasteiger partial charge in [0.1, 0.15) is 0 Å². The predicted molar refractivity (Wildman–Crippen MR) is 96.5 cm³/mol. The quantitative estimate of drug-likeness (QED) is 0.714. The number of benzene rings is 1. The monoisotopic (exact) mass is 343 g/mol. The molecule has 0 saturated heterocycles. The molecule has 0 atom stereocenters. The van der Waals surface area contributed by atoms with E-state index in [9.17, 15) is 4.79 Å². The van der Waals surface area contributed by atoms with E-state index in [2.05, 4.69) is 6.07 Å². The smallest absolute Gasteiger partial charge is 0.247 e. The number of hydrogen-bond donors (Lipinski definition) is 0. The SMILES string of the molecule is COc1ccc(/C=C/C(=O)N(Cc2cccs2)C2CC2)cc1OC. The summed E-state index contributed by atoms with van der Waals surface area (Å²) < 4.78 is 10.5. The van der Waals surface area contributed by atoms with Gasteiger partial charge in [-0.1, -0.05) is 12.1 Å². The molecule has 1 aromatic heterocycles. The lowest BCUT2D eigenvalue weighted by Gasteiger charge is -2.20.